The number of likely N-dealkylation sites (tertiary alicyclic amines) is 1. The molecule has 2 fully saturated rings. The summed E-state index contributed by atoms with van der Waals surface area (Å²) in [5.41, 5.74) is 1.52. The third-order valence-corrected chi connectivity index (χ3v) is 5.78. The maximum Gasteiger partial charge on any atom is 0.321 e. The highest BCUT2D eigenvalue weighted by atomic mass is 32.2. The van der Waals surface area contributed by atoms with Crippen molar-refractivity contribution in [1.29, 1.82) is 0 Å². The molecule has 0 saturated carbocycles. The van der Waals surface area contributed by atoms with Crippen molar-refractivity contribution < 1.29 is 22.7 Å². The Morgan fingerprint density at radius 2 is 1.79 bits per heavy atom. The van der Waals surface area contributed by atoms with Gasteiger partial charge in [-0.1, -0.05) is 12.1 Å². The number of hydrogen-bond donors (Lipinski definition) is 2. The number of carbonyl (C=O) groups is 2. The lowest BCUT2D eigenvalue weighted by Crippen LogP contribution is -2.50. The van der Waals surface area contributed by atoms with Crippen LogP contribution in [0.1, 0.15) is 18.4 Å². The molecule has 2 aliphatic rings. The molecule has 0 aromatic heterocycles. The zero-order valence-corrected chi connectivity index (χ0v) is 17.4. The van der Waals surface area contributed by atoms with Crippen LogP contribution in [0.25, 0.3) is 0 Å². The number of nitrogens with one attached hydrogen (secondary N) is 2. The number of piperidine rings is 1. The second kappa shape index (κ2) is 9.55. The highest BCUT2D eigenvalue weighted by Crippen LogP contribution is 2.15. The lowest BCUT2D eigenvalue weighted by Gasteiger charge is -2.32. The molecule has 1 unspecified atom stereocenters. The Kier molecular flexibility index (Phi) is 7.09. The molecule has 1 aromatic rings. The van der Waals surface area contributed by atoms with Gasteiger partial charge in [-0.15, -0.1) is 0 Å². The van der Waals surface area contributed by atoms with Crippen LogP contribution in [0.5, 0.6) is 0 Å². The van der Waals surface area contributed by atoms with Crippen molar-refractivity contribution in [2.45, 2.75) is 25.3 Å². The Morgan fingerprint density at radius 3 is 2.45 bits per heavy atom. The number of amides is 3. The Hall–Kier alpha value is -2.17. The molecule has 3 amide bonds. The summed E-state index contributed by atoms with van der Waals surface area (Å²) in [6, 6.07) is 6.68. The van der Waals surface area contributed by atoms with E-state index in [9.17, 15) is 18.0 Å². The van der Waals surface area contributed by atoms with E-state index >= 15 is 0 Å². The van der Waals surface area contributed by atoms with Gasteiger partial charge < -0.3 is 19.9 Å². The van der Waals surface area contributed by atoms with E-state index in [1.165, 1.54) is 0 Å². The Labute approximate surface area is 171 Å². The van der Waals surface area contributed by atoms with Gasteiger partial charge in [-0.2, -0.15) is 0 Å². The summed E-state index contributed by atoms with van der Waals surface area (Å²) in [6.45, 7) is 3.32. The van der Waals surface area contributed by atoms with E-state index in [-0.39, 0.29) is 18.0 Å². The molecule has 3 rings (SSSR count). The molecule has 2 aliphatic heterocycles. The van der Waals surface area contributed by atoms with Crippen molar-refractivity contribution in [3.05, 3.63) is 29.8 Å². The van der Waals surface area contributed by atoms with E-state index < -0.39 is 10.0 Å². The third-order valence-electron chi connectivity index (χ3n) is 5.01. The van der Waals surface area contributed by atoms with Crippen molar-refractivity contribution in [3.8, 4) is 0 Å². The summed E-state index contributed by atoms with van der Waals surface area (Å²) in [5.74, 6) is 0.0721. The number of sulfonamides is 1. The fourth-order valence-electron chi connectivity index (χ4n) is 3.57. The Bertz CT molecular complexity index is 822. The van der Waals surface area contributed by atoms with Gasteiger partial charge in [0.25, 0.3) is 0 Å². The molecule has 0 radical (unpaired) electrons. The molecule has 9 nitrogen and oxygen atoms in total. The molecule has 2 heterocycles. The van der Waals surface area contributed by atoms with Gasteiger partial charge >= 0.3 is 6.03 Å². The number of ether oxygens (including phenoxy) is 1. The summed E-state index contributed by atoms with van der Waals surface area (Å²) < 4.78 is 30.7. The van der Waals surface area contributed by atoms with Crippen LogP contribution in [-0.4, -0.2) is 81.8 Å². The summed E-state index contributed by atoms with van der Waals surface area (Å²) in [6.07, 6.45) is 2.89. The number of carbonyl (C=O) groups excluding carboxylic acids is 2. The van der Waals surface area contributed by atoms with Crippen LogP contribution in [-0.2, 0) is 26.0 Å². The van der Waals surface area contributed by atoms with Gasteiger partial charge in [0.1, 0.15) is 0 Å². The highest BCUT2D eigenvalue weighted by Gasteiger charge is 2.25. The van der Waals surface area contributed by atoms with E-state index in [1.807, 2.05) is 12.1 Å². The van der Waals surface area contributed by atoms with Gasteiger partial charge in [-0.3, -0.25) is 4.79 Å². The van der Waals surface area contributed by atoms with E-state index in [1.54, 1.807) is 21.9 Å². The third kappa shape index (κ3) is 6.69. The Morgan fingerprint density at radius 1 is 1.10 bits per heavy atom. The SMILES string of the molecule is CS(=O)(=O)NC1CCCN(C(=O)Nc2ccc(CC(=O)N3CCOCC3)cc2)C1. The van der Waals surface area contributed by atoms with E-state index in [2.05, 4.69) is 10.0 Å². The lowest BCUT2D eigenvalue weighted by molar-refractivity contribution is -0.134. The molecule has 160 valence electrons. The van der Waals surface area contributed by atoms with Crippen LogP contribution in [0.15, 0.2) is 24.3 Å². The number of benzene rings is 1. The summed E-state index contributed by atoms with van der Waals surface area (Å²) in [7, 11) is -3.30. The largest absolute Gasteiger partial charge is 0.378 e. The average Bonchev–Trinajstić information content (AvgIpc) is 2.69. The van der Waals surface area contributed by atoms with Crippen molar-refractivity contribution in [3.63, 3.8) is 0 Å². The number of hydrogen-bond acceptors (Lipinski definition) is 5. The molecular weight excluding hydrogens is 396 g/mol. The summed E-state index contributed by atoms with van der Waals surface area (Å²) in [5, 5.41) is 2.84. The topological polar surface area (TPSA) is 108 Å². The smallest absolute Gasteiger partial charge is 0.321 e. The molecule has 10 heteroatoms. The van der Waals surface area contributed by atoms with Gasteiger partial charge in [-0.05, 0) is 30.5 Å². The quantitative estimate of drug-likeness (QED) is 0.721. The first-order chi connectivity index (χ1) is 13.8. The van der Waals surface area contributed by atoms with Crippen LogP contribution >= 0.6 is 0 Å². The molecule has 1 aromatic carbocycles. The lowest BCUT2D eigenvalue weighted by atomic mass is 10.1. The maximum atomic E-state index is 12.5. The number of urea groups is 1. The van der Waals surface area contributed by atoms with Gasteiger partial charge in [-0.25, -0.2) is 17.9 Å². The minimum Gasteiger partial charge on any atom is -0.378 e. The monoisotopic (exact) mass is 424 g/mol. The second-order valence-electron chi connectivity index (χ2n) is 7.47. The molecule has 0 spiro atoms. The molecule has 29 heavy (non-hydrogen) atoms. The minimum atomic E-state index is -3.30. The van der Waals surface area contributed by atoms with Crippen molar-refractivity contribution in [2.75, 3.05) is 51.0 Å². The summed E-state index contributed by atoms with van der Waals surface area (Å²) >= 11 is 0. The maximum absolute atomic E-state index is 12.5. The number of morpholine rings is 1. The van der Waals surface area contributed by atoms with Gasteiger partial charge in [0.15, 0.2) is 0 Å². The predicted octanol–water partition coefficient (Wildman–Crippen LogP) is 0.633. The van der Waals surface area contributed by atoms with Crippen molar-refractivity contribution in [2.24, 2.45) is 0 Å². The molecule has 0 bridgehead atoms. The Balaban J connectivity index is 1.51. The zero-order valence-electron chi connectivity index (χ0n) is 16.6. The normalized spacial score (nSPS) is 20.4. The number of nitrogens with zero attached hydrogens (tertiary/aromatic N) is 2. The first kappa shape index (κ1) is 21.5. The van der Waals surface area contributed by atoms with Crippen LogP contribution in [0.2, 0.25) is 0 Å². The molecule has 1 atom stereocenters. The van der Waals surface area contributed by atoms with Gasteiger partial charge in [0, 0.05) is 37.9 Å². The molecule has 0 aliphatic carbocycles. The first-order valence-corrected chi connectivity index (χ1v) is 11.7. The molecule has 2 N–H and O–H groups in total. The van der Waals surface area contributed by atoms with Crippen LogP contribution in [0.3, 0.4) is 0 Å². The van der Waals surface area contributed by atoms with Crippen LogP contribution in [0, 0.1) is 0 Å². The standard InChI is InChI=1S/C19H28N4O5S/c1-29(26,27)21-17-3-2-8-23(14-17)19(25)20-16-6-4-15(5-7-16)13-18(24)22-9-11-28-12-10-22/h4-7,17,21H,2-3,8-14H2,1H3,(H,20,25). The van der Waals surface area contributed by atoms with E-state index in [0.717, 1.165) is 18.2 Å². The fraction of sp³-hybridized carbons (Fsp3) is 0.579. The van der Waals surface area contributed by atoms with Crippen molar-refractivity contribution >= 4 is 27.6 Å². The average molecular weight is 425 g/mol. The van der Waals surface area contributed by atoms with Crippen LogP contribution < -0.4 is 10.0 Å². The first-order valence-electron chi connectivity index (χ1n) is 9.78. The van der Waals surface area contributed by atoms with Crippen molar-refractivity contribution in [1.82, 2.24) is 14.5 Å². The van der Waals surface area contributed by atoms with E-state index in [4.69, 9.17) is 4.74 Å². The fourth-order valence-corrected chi connectivity index (χ4v) is 4.37. The molecule has 2 saturated heterocycles. The van der Waals surface area contributed by atoms with E-state index in [0.29, 0.717) is 57.9 Å². The summed E-state index contributed by atoms with van der Waals surface area (Å²) in [4.78, 5) is 28.2. The number of anilines is 1. The number of rotatable bonds is 5. The van der Waals surface area contributed by atoms with Gasteiger partial charge in [0.05, 0.1) is 25.9 Å². The second-order valence-corrected chi connectivity index (χ2v) is 9.25. The molecular formula is C19H28N4O5S. The zero-order chi connectivity index (χ0) is 20.9. The minimum absolute atomic E-state index is 0.0721. The highest BCUT2D eigenvalue weighted by molar-refractivity contribution is 7.88. The predicted molar refractivity (Wildman–Crippen MR) is 109 cm³/mol. The van der Waals surface area contributed by atoms with Crippen LogP contribution in [0.4, 0.5) is 10.5 Å². The van der Waals surface area contributed by atoms with Gasteiger partial charge in [0.2, 0.25) is 15.9 Å².